The molecule has 1 aliphatic heterocycles. The van der Waals surface area contributed by atoms with Gasteiger partial charge in [-0.15, -0.1) is 0 Å². The van der Waals surface area contributed by atoms with Gasteiger partial charge >= 0.3 is 0 Å². The number of nitriles is 1. The first-order chi connectivity index (χ1) is 12.7. The molecule has 0 spiro atoms. The molecule has 0 bridgehead atoms. The van der Waals surface area contributed by atoms with Crippen molar-refractivity contribution in [2.75, 3.05) is 18.0 Å². The molecule has 0 aliphatic carbocycles. The van der Waals surface area contributed by atoms with Gasteiger partial charge in [-0.25, -0.2) is 4.98 Å². The van der Waals surface area contributed by atoms with Crippen LogP contribution >= 0.6 is 0 Å². The maximum Gasteiger partial charge on any atom is 0.295 e. The van der Waals surface area contributed by atoms with Gasteiger partial charge in [0.05, 0.1) is 11.6 Å². The minimum atomic E-state index is -0.516. The van der Waals surface area contributed by atoms with E-state index >= 15 is 0 Å². The highest BCUT2D eigenvalue weighted by Crippen LogP contribution is 2.27. The molecule has 1 aromatic heterocycles. The molecule has 1 saturated heterocycles. The number of ether oxygens (including phenoxy) is 1. The Morgan fingerprint density at radius 3 is 2.85 bits per heavy atom. The van der Waals surface area contributed by atoms with E-state index in [1.54, 1.807) is 24.3 Å². The van der Waals surface area contributed by atoms with Gasteiger partial charge in [0.2, 0.25) is 5.75 Å². The number of anilines is 1. The second-order valence-corrected chi connectivity index (χ2v) is 5.84. The van der Waals surface area contributed by atoms with E-state index in [1.807, 2.05) is 4.90 Å². The zero-order chi connectivity index (χ0) is 18.4. The Labute approximate surface area is 149 Å². The maximum atomic E-state index is 12.5. The van der Waals surface area contributed by atoms with Gasteiger partial charge in [0, 0.05) is 23.6 Å². The number of azide groups is 1. The number of nitrogens with one attached hydrogen (secondary N) is 1. The van der Waals surface area contributed by atoms with Crippen molar-refractivity contribution in [1.29, 1.82) is 5.26 Å². The van der Waals surface area contributed by atoms with Crippen LogP contribution in [0, 0.1) is 11.3 Å². The predicted molar refractivity (Wildman–Crippen MR) is 95.2 cm³/mol. The number of hydrogen-bond acceptors (Lipinski definition) is 6. The van der Waals surface area contributed by atoms with E-state index in [0.717, 1.165) is 32.4 Å². The topological polar surface area (TPSA) is 131 Å². The molecule has 0 atom stereocenters. The van der Waals surface area contributed by atoms with Crippen molar-refractivity contribution < 1.29 is 4.74 Å². The highest BCUT2D eigenvalue weighted by Gasteiger charge is 2.21. The van der Waals surface area contributed by atoms with Gasteiger partial charge in [-0.3, -0.25) is 4.79 Å². The standard InChI is InChI=1S/C17H17N7O2/c18-10-12-6-2-3-7-13(12)11-26-14-15(24-8-4-1-5-9-24)20-17(22-23-19)21-16(14)25/h2-3,6-7H,1,4-5,8-9,11H2,(H,20,21,25). The summed E-state index contributed by atoms with van der Waals surface area (Å²) >= 11 is 0. The zero-order valence-electron chi connectivity index (χ0n) is 14.1. The molecule has 1 N–H and O–H groups in total. The summed E-state index contributed by atoms with van der Waals surface area (Å²) in [6, 6.07) is 9.14. The normalized spacial score (nSPS) is 13.6. The molecule has 0 saturated carbocycles. The van der Waals surface area contributed by atoms with E-state index in [4.69, 9.17) is 10.3 Å². The molecule has 0 unspecified atom stereocenters. The molecule has 1 fully saturated rings. The summed E-state index contributed by atoms with van der Waals surface area (Å²) in [5.41, 5.74) is 9.26. The SMILES string of the molecule is N#Cc1ccccc1COc1c(N2CCCCC2)nc(N=[N+]=[N-])[nH]c1=O. The van der Waals surface area contributed by atoms with E-state index in [1.165, 1.54) is 0 Å². The predicted octanol–water partition coefficient (Wildman–Crippen LogP) is 3.15. The van der Waals surface area contributed by atoms with Crippen LogP contribution in [0.3, 0.4) is 0 Å². The molecule has 26 heavy (non-hydrogen) atoms. The van der Waals surface area contributed by atoms with Crippen molar-refractivity contribution >= 4 is 11.8 Å². The first-order valence-corrected chi connectivity index (χ1v) is 8.28. The van der Waals surface area contributed by atoms with Crippen LogP contribution in [-0.4, -0.2) is 23.1 Å². The van der Waals surface area contributed by atoms with E-state index in [2.05, 4.69) is 26.1 Å². The second-order valence-electron chi connectivity index (χ2n) is 5.84. The van der Waals surface area contributed by atoms with Crippen LogP contribution in [0.2, 0.25) is 0 Å². The van der Waals surface area contributed by atoms with Crippen molar-refractivity contribution in [3.8, 4) is 11.8 Å². The third-order valence-electron chi connectivity index (χ3n) is 4.15. The lowest BCUT2D eigenvalue weighted by molar-refractivity contribution is 0.300. The Morgan fingerprint density at radius 2 is 2.12 bits per heavy atom. The lowest BCUT2D eigenvalue weighted by Gasteiger charge is -2.28. The zero-order valence-corrected chi connectivity index (χ0v) is 14.1. The number of aromatic nitrogens is 2. The van der Waals surface area contributed by atoms with Crippen LogP contribution in [0.15, 0.2) is 34.2 Å². The lowest BCUT2D eigenvalue weighted by Crippen LogP contribution is -2.32. The first-order valence-electron chi connectivity index (χ1n) is 8.28. The number of nitrogens with zero attached hydrogens (tertiary/aromatic N) is 6. The van der Waals surface area contributed by atoms with Gasteiger partial charge in [-0.2, -0.15) is 5.26 Å². The van der Waals surface area contributed by atoms with E-state index in [0.29, 0.717) is 16.9 Å². The Morgan fingerprint density at radius 1 is 1.35 bits per heavy atom. The summed E-state index contributed by atoms with van der Waals surface area (Å²) in [4.78, 5) is 23.8. The van der Waals surface area contributed by atoms with Crippen LogP contribution in [0.1, 0.15) is 30.4 Å². The Balaban J connectivity index is 1.95. The summed E-state index contributed by atoms with van der Waals surface area (Å²) in [5.74, 6) is 0.338. The highest BCUT2D eigenvalue weighted by molar-refractivity contribution is 5.54. The fourth-order valence-electron chi connectivity index (χ4n) is 2.88. The van der Waals surface area contributed by atoms with Crippen LogP contribution in [0.4, 0.5) is 11.8 Å². The Bertz CT molecular complexity index is 935. The molecular formula is C17H17N7O2. The molecule has 2 heterocycles. The smallest absolute Gasteiger partial charge is 0.295 e. The quantitative estimate of drug-likeness (QED) is 0.502. The lowest BCUT2D eigenvalue weighted by atomic mass is 10.1. The molecule has 2 aromatic rings. The van der Waals surface area contributed by atoms with Crippen molar-refractivity contribution in [3.63, 3.8) is 0 Å². The third kappa shape index (κ3) is 3.77. The summed E-state index contributed by atoms with van der Waals surface area (Å²) in [7, 11) is 0. The van der Waals surface area contributed by atoms with Gasteiger partial charge in [0.25, 0.3) is 5.56 Å². The number of piperidine rings is 1. The maximum absolute atomic E-state index is 12.5. The Kier molecular flexibility index (Phi) is 5.37. The fourth-order valence-corrected chi connectivity index (χ4v) is 2.88. The van der Waals surface area contributed by atoms with Gasteiger partial charge in [-0.1, -0.05) is 18.2 Å². The average Bonchev–Trinajstić information content (AvgIpc) is 2.68. The third-order valence-corrected chi connectivity index (χ3v) is 4.15. The first kappa shape index (κ1) is 17.3. The molecule has 1 aliphatic rings. The average molecular weight is 351 g/mol. The van der Waals surface area contributed by atoms with E-state index in [9.17, 15) is 10.1 Å². The molecule has 1 aromatic carbocycles. The van der Waals surface area contributed by atoms with Gasteiger partial charge < -0.3 is 14.6 Å². The Hall–Kier alpha value is -3.50. The van der Waals surface area contributed by atoms with Crippen molar-refractivity contribution in [3.05, 3.63) is 56.2 Å². The van der Waals surface area contributed by atoms with Crippen molar-refractivity contribution in [2.45, 2.75) is 25.9 Å². The summed E-state index contributed by atoms with van der Waals surface area (Å²) in [6.07, 6.45) is 3.10. The minimum Gasteiger partial charge on any atom is -0.480 e. The number of rotatable bonds is 5. The van der Waals surface area contributed by atoms with Gasteiger partial charge in [0.1, 0.15) is 6.61 Å². The largest absolute Gasteiger partial charge is 0.480 e. The molecule has 9 heteroatoms. The van der Waals surface area contributed by atoms with Crippen LogP contribution in [-0.2, 0) is 6.61 Å². The highest BCUT2D eigenvalue weighted by atomic mass is 16.5. The number of aromatic amines is 1. The monoisotopic (exact) mass is 351 g/mol. The molecule has 9 nitrogen and oxygen atoms in total. The van der Waals surface area contributed by atoms with E-state index in [-0.39, 0.29) is 18.3 Å². The molecule has 132 valence electrons. The number of benzene rings is 1. The van der Waals surface area contributed by atoms with Gasteiger partial charge in [0.15, 0.2) is 11.8 Å². The number of H-pyrrole nitrogens is 1. The van der Waals surface area contributed by atoms with Crippen molar-refractivity contribution in [1.82, 2.24) is 9.97 Å². The molecule has 0 amide bonds. The van der Waals surface area contributed by atoms with Gasteiger partial charge in [-0.05, 0) is 36.0 Å². The minimum absolute atomic E-state index is 0.0657. The molecule has 3 rings (SSSR count). The molecular weight excluding hydrogens is 334 g/mol. The fraction of sp³-hybridized carbons (Fsp3) is 0.353. The second kappa shape index (κ2) is 8.05. The van der Waals surface area contributed by atoms with Crippen LogP contribution in [0.25, 0.3) is 10.4 Å². The summed E-state index contributed by atoms with van der Waals surface area (Å²) in [5, 5.41) is 12.6. The van der Waals surface area contributed by atoms with Crippen molar-refractivity contribution in [2.24, 2.45) is 5.11 Å². The van der Waals surface area contributed by atoms with E-state index < -0.39 is 5.56 Å². The summed E-state index contributed by atoms with van der Waals surface area (Å²) < 4.78 is 5.75. The van der Waals surface area contributed by atoms with Crippen LogP contribution in [0.5, 0.6) is 5.75 Å². The molecule has 0 radical (unpaired) electrons. The summed E-state index contributed by atoms with van der Waals surface area (Å²) in [6.45, 7) is 1.56. The van der Waals surface area contributed by atoms with Crippen LogP contribution < -0.4 is 15.2 Å². The number of hydrogen-bond donors (Lipinski definition) is 1.